The zero-order valence-electron chi connectivity index (χ0n) is 12.7. The van der Waals surface area contributed by atoms with Crippen LogP contribution in [-0.4, -0.2) is 38.7 Å². The second-order valence-corrected chi connectivity index (χ2v) is 7.32. The van der Waals surface area contributed by atoms with Gasteiger partial charge in [-0.15, -0.1) is 0 Å². The first-order chi connectivity index (χ1) is 10.9. The number of carbonyl (C=O) groups excluding carboxylic acids is 1. The molecule has 0 aromatic heterocycles. The third-order valence-corrected chi connectivity index (χ3v) is 4.88. The van der Waals surface area contributed by atoms with E-state index >= 15 is 0 Å². The highest BCUT2D eigenvalue weighted by molar-refractivity contribution is 7.89. The Hall–Kier alpha value is -1.55. The largest absolute Gasteiger partial charge is 0.377 e. The third kappa shape index (κ3) is 5.54. The Labute approximate surface area is 140 Å². The third-order valence-electron chi connectivity index (χ3n) is 3.24. The van der Waals surface area contributed by atoms with Gasteiger partial charge in [0.2, 0.25) is 15.9 Å². The molecule has 1 saturated heterocycles. The summed E-state index contributed by atoms with van der Waals surface area (Å²) in [4.78, 5) is 11.0. The summed E-state index contributed by atoms with van der Waals surface area (Å²) in [6.45, 7) is 2.30. The van der Waals surface area contributed by atoms with Crippen LogP contribution in [0.4, 0.5) is 5.69 Å². The predicted octanol–water partition coefficient (Wildman–Crippen LogP) is 0.977. The van der Waals surface area contributed by atoms with Gasteiger partial charge in [0, 0.05) is 25.8 Å². The van der Waals surface area contributed by atoms with Gasteiger partial charge in [0.15, 0.2) is 5.11 Å². The summed E-state index contributed by atoms with van der Waals surface area (Å²) in [7, 11) is -3.57. The molecule has 1 atom stereocenters. The predicted molar refractivity (Wildman–Crippen MR) is 90.6 cm³/mol. The highest BCUT2D eigenvalue weighted by Gasteiger charge is 2.20. The number of hydrogen-bond donors (Lipinski definition) is 3. The molecule has 1 aromatic rings. The molecule has 7 nitrogen and oxygen atoms in total. The molecule has 126 valence electrons. The van der Waals surface area contributed by atoms with Gasteiger partial charge in [-0.05, 0) is 49.3 Å². The summed E-state index contributed by atoms with van der Waals surface area (Å²) >= 11 is 4.93. The summed E-state index contributed by atoms with van der Waals surface area (Å²) in [5, 5.41) is 5.37. The number of rotatable bonds is 5. The summed E-state index contributed by atoms with van der Waals surface area (Å²) in [6, 6.07) is 6.09. The van der Waals surface area contributed by atoms with E-state index in [9.17, 15) is 13.2 Å². The van der Waals surface area contributed by atoms with E-state index in [0.717, 1.165) is 12.8 Å². The van der Waals surface area contributed by atoms with E-state index < -0.39 is 10.0 Å². The highest BCUT2D eigenvalue weighted by Crippen LogP contribution is 2.15. The van der Waals surface area contributed by atoms with Gasteiger partial charge < -0.3 is 15.4 Å². The lowest BCUT2D eigenvalue weighted by molar-refractivity contribution is -0.117. The number of benzene rings is 1. The number of nitrogens with one attached hydrogen (secondary N) is 3. The summed E-state index contributed by atoms with van der Waals surface area (Å²) in [5.41, 5.74) is 0.585. The van der Waals surface area contributed by atoms with E-state index in [-0.39, 0.29) is 28.6 Å². The van der Waals surface area contributed by atoms with Crippen LogP contribution < -0.4 is 15.4 Å². The Balaban J connectivity index is 1.94. The molecule has 9 heteroatoms. The van der Waals surface area contributed by atoms with Crippen LogP contribution in [0.3, 0.4) is 0 Å². The van der Waals surface area contributed by atoms with Gasteiger partial charge in [-0.2, -0.15) is 0 Å². The van der Waals surface area contributed by atoms with E-state index in [1.165, 1.54) is 19.1 Å². The van der Waals surface area contributed by atoms with Crippen molar-refractivity contribution < 1.29 is 17.9 Å². The van der Waals surface area contributed by atoms with Gasteiger partial charge in [-0.1, -0.05) is 0 Å². The van der Waals surface area contributed by atoms with E-state index in [0.29, 0.717) is 12.3 Å². The molecule has 1 aromatic carbocycles. The number of sulfonamides is 1. The zero-order valence-corrected chi connectivity index (χ0v) is 14.3. The van der Waals surface area contributed by atoms with Crippen LogP contribution in [0, 0.1) is 0 Å². The average Bonchev–Trinajstić information content (AvgIpc) is 2.98. The first kappa shape index (κ1) is 17.8. The first-order valence-electron chi connectivity index (χ1n) is 7.17. The topological polar surface area (TPSA) is 96.5 Å². The molecule has 23 heavy (non-hydrogen) atoms. The molecule has 1 amide bonds. The van der Waals surface area contributed by atoms with Gasteiger partial charge in [0.05, 0.1) is 11.0 Å². The normalized spacial score (nSPS) is 17.7. The Morgan fingerprint density at radius 1 is 1.35 bits per heavy atom. The maximum atomic E-state index is 12.2. The quantitative estimate of drug-likeness (QED) is 0.680. The van der Waals surface area contributed by atoms with Crippen LogP contribution >= 0.6 is 12.2 Å². The van der Waals surface area contributed by atoms with Crippen LogP contribution in [-0.2, 0) is 19.6 Å². The van der Waals surface area contributed by atoms with Crippen molar-refractivity contribution in [3.63, 3.8) is 0 Å². The van der Waals surface area contributed by atoms with Crippen molar-refractivity contribution in [3.05, 3.63) is 24.3 Å². The van der Waals surface area contributed by atoms with Crippen molar-refractivity contribution in [2.45, 2.75) is 30.8 Å². The lowest BCUT2D eigenvalue weighted by Crippen LogP contribution is -2.32. The molecule has 0 spiro atoms. The van der Waals surface area contributed by atoms with Crippen LogP contribution in [0.5, 0.6) is 0 Å². The van der Waals surface area contributed by atoms with Gasteiger partial charge in [-0.25, -0.2) is 13.1 Å². The van der Waals surface area contributed by atoms with Crippen LogP contribution in [0.15, 0.2) is 29.2 Å². The molecule has 1 aliphatic rings. The van der Waals surface area contributed by atoms with Crippen LogP contribution in [0.2, 0.25) is 0 Å². The average molecular weight is 357 g/mol. The van der Waals surface area contributed by atoms with Gasteiger partial charge in [0.1, 0.15) is 0 Å². The molecule has 0 bridgehead atoms. The number of carbonyl (C=O) groups is 1. The monoisotopic (exact) mass is 357 g/mol. The molecule has 0 radical (unpaired) electrons. The standard InChI is InChI=1S/C14H19N3O4S2/c1-10(18)16-14(22)17-11-4-6-13(7-5-11)23(19,20)15-9-12-3-2-8-21-12/h4-7,12,15H,2-3,8-9H2,1H3,(H2,16,17,18,22). The maximum Gasteiger partial charge on any atom is 0.240 e. The smallest absolute Gasteiger partial charge is 0.240 e. The molecule has 0 aliphatic carbocycles. The zero-order chi connectivity index (χ0) is 16.9. The fourth-order valence-corrected chi connectivity index (χ4v) is 3.46. The lowest BCUT2D eigenvalue weighted by atomic mass is 10.2. The van der Waals surface area contributed by atoms with Crippen molar-refractivity contribution in [3.8, 4) is 0 Å². The minimum absolute atomic E-state index is 0.0549. The molecule has 1 aliphatic heterocycles. The van der Waals surface area contributed by atoms with Crippen molar-refractivity contribution in [2.75, 3.05) is 18.5 Å². The molecule has 1 heterocycles. The second kappa shape index (κ2) is 7.82. The first-order valence-corrected chi connectivity index (χ1v) is 9.06. The van der Waals surface area contributed by atoms with E-state index in [1.807, 2.05) is 0 Å². The molecular weight excluding hydrogens is 338 g/mol. The molecule has 1 fully saturated rings. The summed E-state index contributed by atoms with van der Waals surface area (Å²) < 4.78 is 32.3. The molecular formula is C14H19N3O4S2. The van der Waals surface area contributed by atoms with Crippen molar-refractivity contribution in [2.24, 2.45) is 0 Å². The SMILES string of the molecule is CC(=O)NC(=S)Nc1ccc(S(=O)(=O)NCC2CCCO2)cc1. The number of anilines is 1. The minimum Gasteiger partial charge on any atom is -0.377 e. The Kier molecular flexibility index (Phi) is 6.05. The van der Waals surface area contributed by atoms with Crippen molar-refractivity contribution in [1.29, 1.82) is 0 Å². The Bertz CT molecular complexity index is 668. The maximum absolute atomic E-state index is 12.2. The van der Waals surface area contributed by atoms with Crippen molar-refractivity contribution >= 4 is 38.9 Å². The fourth-order valence-electron chi connectivity index (χ4n) is 2.13. The van der Waals surface area contributed by atoms with Gasteiger partial charge in [0.25, 0.3) is 0 Å². The van der Waals surface area contributed by atoms with Crippen LogP contribution in [0.1, 0.15) is 19.8 Å². The number of thiocarbonyl (C=S) groups is 1. The lowest BCUT2D eigenvalue weighted by Gasteiger charge is -2.12. The van der Waals surface area contributed by atoms with E-state index in [2.05, 4.69) is 15.4 Å². The number of ether oxygens (including phenoxy) is 1. The summed E-state index contributed by atoms with van der Waals surface area (Å²) in [5.74, 6) is -0.278. The van der Waals surface area contributed by atoms with E-state index in [1.54, 1.807) is 12.1 Å². The second-order valence-electron chi connectivity index (χ2n) is 5.15. The molecule has 1 unspecified atom stereocenters. The molecule has 0 saturated carbocycles. The fraction of sp³-hybridized carbons (Fsp3) is 0.429. The van der Waals surface area contributed by atoms with Crippen LogP contribution in [0.25, 0.3) is 0 Å². The molecule has 3 N–H and O–H groups in total. The van der Waals surface area contributed by atoms with Crippen molar-refractivity contribution in [1.82, 2.24) is 10.0 Å². The van der Waals surface area contributed by atoms with Gasteiger partial charge in [-0.3, -0.25) is 4.79 Å². The number of amides is 1. The number of hydrogen-bond acceptors (Lipinski definition) is 5. The van der Waals surface area contributed by atoms with Gasteiger partial charge >= 0.3 is 0 Å². The molecule has 2 rings (SSSR count). The summed E-state index contributed by atoms with van der Waals surface area (Å²) in [6.07, 6.45) is 1.77. The Morgan fingerprint density at radius 3 is 2.61 bits per heavy atom. The Morgan fingerprint density at radius 2 is 2.04 bits per heavy atom. The van der Waals surface area contributed by atoms with E-state index in [4.69, 9.17) is 17.0 Å². The highest BCUT2D eigenvalue weighted by atomic mass is 32.2. The minimum atomic E-state index is -3.57.